The van der Waals surface area contributed by atoms with Gasteiger partial charge in [0.25, 0.3) is 20.0 Å². The summed E-state index contributed by atoms with van der Waals surface area (Å²) < 4.78 is 97.6. The van der Waals surface area contributed by atoms with E-state index in [-0.39, 0.29) is 28.7 Å². The van der Waals surface area contributed by atoms with Gasteiger partial charge in [-0.1, -0.05) is 59.7 Å². The maximum Gasteiger partial charge on any atom is 0.324 e. The standard InChI is InChI=1S/C38H34F2N2O10S2/c1-25-3-15-32(16-4-25)53(47,48)41(21-36(43)44)31-19-34(51-23-27-7-11-29(39)12-8-27)38(35(20-31)52-24-28-9-13-30(40)14-10-28)42(22-37(45)46)54(49,50)33-17-5-26(2)6-18-33/h3-20H,21-24H2,1-2H3,(H,43,44)(H,45,46). The largest absolute Gasteiger partial charge is 0.486 e. The molecule has 0 heterocycles. The predicted octanol–water partition coefficient (Wildman–Crippen LogP) is 6.30. The predicted molar refractivity (Wildman–Crippen MR) is 195 cm³/mol. The maximum atomic E-state index is 14.3. The number of aliphatic carboxylic acids is 2. The number of hydrogen-bond acceptors (Lipinski definition) is 8. The van der Waals surface area contributed by atoms with E-state index in [1.165, 1.54) is 72.8 Å². The van der Waals surface area contributed by atoms with Crippen LogP contribution in [0.3, 0.4) is 0 Å². The molecule has 16 heteroatoms. The molecule has 5 aromatic rings. The number of carboxylic acid groups (broad SMARTS) is 2. The Labute approximate surface area is 310 Å². The smallest absolute Gasteiger partial charge is 0.324 e. The first-order valence-electron chi connectivity index (χ1n) is 16.1. The molecule has 282 valence electrons. The maximum absolute atomic E-state index is 14.3. The highest BCUT2D eigenvalue weighted by atomic mass is 32.2. The lowest BCUT2D eigenvalue weighted by molar-refractivity contribution is -0.136. The summed E-state index contributed by atoms with van der Waals surface area (Å²) in [5.41, 5.74) is 1.36. The van der Waals surface area contributed by atoms with E-state index in [2.05, 4.69) is 0 Å². The van der Waals surface area contributed by atoms with Crippen molar-refractivity contribution in [3.63, 3.8) is 0 Å². The Morgan fingerprint density at radius 1 is 0.574 bits per heavy atom. The Hall–Kier alpha value is -6.00. The molecule has 0 aliphatic rings. The molecule has 0 bridgehead atoms. The van der Waals surface area contributed by atoms with E-state index in [1.54, 1.807) is 13.8 Å². The first-order chi connectivity index (χ1) is 25.5. The number of hydrogen-bond donors (Lipinski definition) is 2. The summed E-state index contributed by atoms with van der Waals surface area (Å²) in [5.74, 6) is -5.11. The number of sulfonamides is 2. The summed E-state index contributed by atoms with van der Waals surface area (Å²) >= 11 is 0. The van der Waals surface area contributed by atoms with Crippen LogP contribution in [-0.2, 0) is 42.8 Å². The lowest BCUT2D eigenvalue weighted by Crippen LogP contribution is -2.37. The summed E-state index contributed by atoms with van der Waals surface area (Å²) in [4.78, 5) is 24.0. The molecular weight excluding hydrogens is 747 g/mol. The van der Waals surface area contributed by atoms with E-state index in [4.69, 9.17) is 9.47 Å². The van der Waals surface area contributed by atoms with E-state index in [1.807, 2.05) is 0 Å². The van der Waals surface area contributed by atoms with Crippen LogP contribution in [0.25, 0.3) is 0 Å². The van der Waals surface area contributed by atoms with Crippen LogP contribution >= 0.6 is 0 Å². The van der Waals surface area contributed by atoms with Crippen molar-refractivity contribution in [3.8, 4) is 11.5 Å². The minimum Gasteiger partial charge on any atom is -0.486 e. The first kappa shape index (κ1) is 39.2. The van der Waals surface area contributed by atoms with Crippen molar-refractivity contribution in [2.24, 2.45) is 0 Å². The third-order valence-corrected chi connectivity index (χ3v) is 11.5. The van der Waals surface area contributed by atoms with Crippen LogP contribution in [0.5, 0.6) is 11.5 Å². The van der Waals surface area contributed by atoms with Crippen molar-refractivity contribution in [2.75, 3.05) is 21.7 Å². The molecule has 0 unspecified atom stereocenters. The molecule has 0 radical (unpaired) electrons. The number of aryl methyl sites for hydroxylation is 2. The summed E-state index contributed by atoms with van der Waals surface area (Å²) in [6.07, 6.45) is 0. The van der Waals surface area contributed by atoms with E-state index in [9.17, 15) is 45.4 Å². The number of ether oxygens (including phenoxy) is 2. The summed E-state index contributed by atoms with van der Waals surface area (Å²) in [6.45, 7) is 0.431. The fraction of sp³-hybridized carbons (Fsp3) is 0.158. The zero-order chi connectivity index (χ0) is 39.2. The Bertz CT molecular complexity index is 2290. The lowest BCUT2D eigenvalue weighted by atomic mass is 10.2. The SMILES string of the molecule is Cc1ccc(S(=O)(=O)N(CC(=O)O)c2cc(OCc3ccc(F)cc3)c(N(CC(=O)O)S(=O)(=O)c3ccc(C)cc3)c(OCc3ccc(F)cc3)c2)cc1. The number of carbonyl (C=O) groups is 2. The molecule has 0 aliphatic carbocycles. The Morgan fingerprint density at radius 3 is 1.30 bits per heavy atom. The monoisotopic (exact) mass is 780 g/mol. The normalized spacial score (nSPS) is 11.5. The summed E-state index contributed by atoms with van der Waals surface area (Å²) in [6, 6.07) is 23.4. The second-order valence-corrected chi connectivity index (χ2v) is 15.8. The van der Waals surface area contributed by atoms with E-state index in [0.29, 0.717) is 25.3 Å². The van der Waals surface area contributed by atoms with Gasteiger partial charge in [-0.25, -0.2) is 29.9 Å². The zero-order valence-corrected chi connectivity index (χ0v) is 30.5. The van der Waals surface area contributed by atoms with Gasteiger partial charge in [0, 0.05) is 12.1 Å². The average Bonchev–Trinajstić information content (AvgIpc) is 3.12. The van der Waals surface area contributed by atoms with Gasteiger partial charge in [0.05, 0.1) is 15.5 Å². The number of carboxylic acids is 2. The average molecular weight is 781 g/mol. The van der Waals surface area contributed by atoms with Gasteiger partial charge in [-0.2, -0.15) is 0 Å². The van der Waals surface area contributed by atoms with E-state index < -0.39 is 73.9 Å². The summed E-state index contributed by atoms with van der Waals surface area (Å²) in [5, 5.41) is 19.9. The molecule has 54 heavy (non-hydrogen) atoms. The van der Waals surface area contributed by atoms with Crippen LogP contribution in [-0.4, -0.2) is 52.1 Å². The van der Waals surface area contributed by atoms with Crippen LogP contribution in [0.15, 0.2) is 119 Å². The van der Waals surface area contributed by atoms with Gasteiger partial charge < -0.3 is 19.7 Å². The van der Waals surface area contributed by atoms with Crippen molar-refractivity contribution in [2.45, 2.75) is 36.9 Å². The van der Waals surface area contributed by atoms with Crippen LogP contribution < -0.4 is 18.1 Å². The quantitative estimate of drug-likeness (QED) is 0.116. The summed E-state index contributed by atoms with van der Waals surface area (Å²) in [7, 11) is -9.39. The Kier molecular flexibility index (Phi) is 11.9. The number of halogens is 2. The highest BCUT2D eigenvalue weighted by Gasteiger charge is 2.35. The number of anilines is 2. The highest BCUT2D eigenvalue weighted by Crippen LogP contribution is 2.46. The van der Waals surface area contributed by atoms with Crippen molar-refractivity contribution in [1.82, 2.24) is 0 Å². The van der Waals surface area contributed by atoms with E-state index in [0.717, 1.165) is 42.0 Å². The third kappa shape index (κ3) is 9.31. The van der Waals surface area contributed by atoms with Crippen LogP contribution in [0.2, 0.25) is 0 Å². The van der Waals surface area contributed by atoms with Crippen molar-refractivity contribution >= 4 is 43.4 Å². The molecule has 12 nitrogen and oxygen atoms in total. The molecular formula is C38H34F2N2O10S2. The fourth-order valence-electron chi connectivity index (χ4n) is 5.18. The molecule has 0 amide bonds. The van der Waals surface area contributed by atoms with Gasteiger partial charge in [0.1, 0.15) is 55.1 Å². The van der Waals surface area contributed by atoms with Crippen LogP contribution in [0, 0.1) is 25.5 Å². The number of rotatable bonds is 16. The second-order valence-electron chi connectivity index (χ2n) is 12.1. The molecule has 0 aromatic heterocycles. The topological polar surface area (TPSA) is 168 Å². The van der Waals surface area contributed by atoms with Crippen LogP contribution in [0.4, 0.5) is 20.2 Å². The van der Waals surface area contributed by atoms with Gasteiger partial charge >= 0.3 is 11.9 Å². The van der Waals surface area contributed by atoms with Gasteiger partial charge in [-0.3, -0.25) is 13.9 Å². The zero-order valence-electron chi connectivity index (χ0n) is 28.8. The Morgan fingerprint density at radius 2 is 0.926 bits per heavy atom. The minimum absolute atomic E-state index is 0.268. The molecule has 0 spiro atoms. The molecule has 0 fully saturated rings. The fourth-order valence-corrected chi connectivity index (χ4v) is 8.01. The molecule has 0 saturated heterocycles. The molecule has 0 saturated carbocycles. The highest BCUT2D eigenvalue weighted by molar-refractivity contribution is 7.93. The van der Waals surface area contributed by atoms with Crippen LogP contribution in [0.1, 0.15) is 22.3 Å². The first-order valence-corrected chi connectivity index (χ1v) is 19.0. The van der Waals surface area contributed by atoms with Crippen molar-refractivity contribution < 1.29 is 54.9 Å². The molecule has 5 rings (SSSR count). The molecule has 2 N–H and O–H groups in total. The van der Waals surface area contributed by atoms with Crippen molar-refractivity contribution in [1.29, 1.82) is 0 Å². The van der Waals surface area contributed by atoms with Gasteiger partial charge in [0.2, 0.25) is 0 Å². The van der Waals surface area contributed by atoms with Gasteiger partial charge in [-0.05, 0) is 73.5 Å². The lowest BCUT2D eigenvalue weighted by Gasteiger charge is -2.30. The van der Waals surface area contributed by atoms with Crippen molar-refractivity contribution in [3.05, 3.63) is 143 Å². The number of benzene rings is 5. The molecule has 5 aromatic carbocycles. The number of nitrogens with zero attached hydrogens (tertiary/aromatic N) is 2. The second kappa shape index (κ2) is 16.3. The van der Waals surface area contributed by atoms with Gasteiger partial charge in [-0.15, -0.1) is 0 Å². The van der Waals surface area contributed by atoms with Gasteiger partial charge in [0.15, 0.2) is 0 Å². The Balaban J connectivity index is 1.80. The molecule has 0 aliphatic heterocycles. The molecule has 0 atom stereocenters. The van der Waals surface area contributed by atoms with E-state index >= 15 is 0 Å². The minimum atomic E-state index is -4.75. The third-order valence-electron chi connectivity index (χ3n) is 7.95.